The first-order chi connectivity index (χ1) is 15.0. The lowest BCUT2D eigenvalue weighted by atomic mass is 9.91. The molecule has 158 valence electrons. The Bertz CT molecular complexity index is 1300. The third kappa shape index (κ3) is 4.73. The SMILES string of the molecule is COc1ccc(CC(C(=O)NS(=O)(=O)c2ccccc2)c2ccc3nsnc3c2)cc1. The van der Waals surface area contributed by atoms with Crippen molar-refractivity contribution in [2.45, 2.75) is 17.2 Å². The van der Waals surface area contributed by atoms with Gasteiger partial charge in [-0.2, -0.15) is 8.75 Å². The molecule has 1 atom stereocenters. The Balaban J connectivity index is 1.67. The van der Waals surface area contributed by atoms with Crippen molar-refractivity contribution in [3.63, 3.8) is 0 Å². The largest absolute Gasteiger partial charge is 0.497 e. The molecule has 31 heavy (non-hydrogen) atoms. The lowest BCUT2D eigenvalue weighted by Crippen LogP contribution is -2.35. The molecule has 1 amide bonds. The van der Waals surface area contributed by atoms with Crippen LogP contribution in [0.25, 0.3) is 11.0 Å². The molecular formula is C22H19N3O4S2. The third-order valence-electron chi connectivity index (χ3n) is 4.88. The van der Waals surface area contributed by atoms with E-state index in [9.17, 15) is 13.2 Å². The van der Waals surface area contributed by atoms with E-state index in [1.165, 1.54) is 12.1 Å². The van der Waals surface area contributed by atoms with Crippen LogP contribution in [0.4, 0.5) is 0 Å². The molecule has 0 aliphatic carbocycles. The molecule has 1 heterocycles. The van der Waals surface area contributed by atoms with Crippen LogP contribution in [-0.2, 0) is 21.2 Å². The molecule has 1 N–H and O–H groups in total. The number of carbonyl (C=O) groups excluding carboxylic acids is 1. The number of fused-ring (bicyclic) bond motifs is 1. The first kappa shape index (κ1) is 21.0. The molecule has 4 aromatic rings. The summed E-state index contributed by atoms with van der Waals surface area (Å²) in [5.41, 5.74) is 2.93. The number of hydrogen-bond acceptors (Lipinski definition) is 7. The third-order valence-corrected chi connectivity index (χ3v) is 6.80. The van der Waals surface area contributed by atoms with Crippen LogP contribution in [0, 0.1) is 0 Å². The average molecular weight is 454 g/mol. The summed E-state index contributed by atoms with van der Waals surface area (Å²) in [5.74, 6) is -0.647. The molecule has 0 spiro atoms. The molecule has 7 nitrogen and oxygen atoms in total. The van der Waals surface area contributed by atoms with Crippen molar-refractivity contribution < 1.29 is 17.9 Å². The van der Waals surface area contributed by atoms with Gasteiger partial charge < -0.3 is 4.74 Å². The van der Waals surface area contributed by atoms with E-state index in [0.29, 0.717) is 23.3 Å². The van der Waals surface area contributed by atoms with Crippen molar-refractivity contribution in [1.29, 1.82) is 0 Å². The maximum Gasteiger partial charge on any atom is 0.264 e. The molecular weight excluding hydrogens is 434 g/mol. The minimum Gasteiger partial charge on any atom is -0.497 e. The Morgan fingerprint density at radius 1 is 1.00 bits per heavy atom. The van der Waals surface area contributed by atoms with Crippen LogP contribution in [0.15, 0.2) is 77.7 Å². The topological polar surface area (TPSA) is 98.2 Å². The Labute approximate surface area is 184 Å². The van der Waals surface area contributed by atoms with Gasteiger partial charge in [0, 0.05) is 0 Å². The van der Waals surface area contributed by atoms with Crippen LogP contribution in [0.5, 0.6) is 5.75 Å². The van der Waals surface area contributed by atoms with Crippen molar-refractivity contribution in [2.24, 2.45) is 0 Å². The zero-order valence-corrected chi connectivity index (χ0v) is 18.2. The first-order valence-corrected chi connectivity index (χ1v) is 11.6. The van der Waals surface area contributed by atoms with Gasteiger partial charge >= 0.3 is 0 Å². The second-order valence-corrected chi connectivity index (χ2v) is 9.11. The number of nitrogens with one attached hydrogen (secondary N) is 1. The summed E-state index contributed by atoms with van der Waals surface area (Å²) in [5, 5.41) is 0. The maximum absolute atomic E-state index is 13.2. The first-order valence-electron chi connectivity index (χ1n) is 9.43. The van der Waals surface area contributed by atoms with Gasteiger partial charge in [0.05, 0.1) is 29.7 Å². The number of nitrogens with zero attached hydrogens (tertiary/aromatic N) is 2. The van der Waals surface area contributed by atoms with E-state index in [4.69, 9.17) is 4.74 Å². The molecule has 0 saturated heterocycles. The van der Waals surface area contributed by atoms with Gasteiger partial charge in [-0.25, -0.2) is 13.1 Å². The predicted molar refractivity (Wildman–Crippen MR) is 119 cm³/mol. The number of ether oxygens (including phenoxy) is 1. The molecule has 0 aliphatic heterocycles. The van der Waals surface area contributed by atoms with Gasteiger partial charge in [0.15, 0.2) is 0 Å². The normalized spacial score (nSPS) is 12.4. The minimum absolute atomic E-state index is 0.0331. The highest BCUT2D eigenvalue weighted by atomic mass is 32.2. The lowest BCUT2D eigenvalue weighted by Gasteiger charge is -2.18. The molecule has 3 aromatic carbocycles. The van der Waals surface area contributed by atoms with Gasteiger partial charge in [0.25, 0.3) is 10.0 Å². The van der Waals surface area contributed by atoms with Crippen molar-refractivity contribution in [3.05, 3.63) is 83.9 Å². The van der Waals surface area contributed by atoms with Gasteiger partial charge in [0.1, 0.15) is 16.8 Å². The predicted octanol–water partition coefficient (Wildman–Crippen LogP) is 3.53. The highest BCUT2D eigenvalue weighted by molar-refractivity contribution is 7.90. The molecule has 1 aromatic heterocycles. The average Bonchev–Trinajstić information content (AvgIpc) is 3.26. The van der Waals surface area contributed by atoms with Crippen molar-refractivity contribution in [2.75, 3.05) is 7.11 Å². The van der Waals surface area contributed by atoms with Crippen LogP contribution in [0.2, 0.25) is 0 Å². The summed E-state index contributed by atoms with van der Waals surface area (Å²) in [6.45, 7) is 0. The number of hydrogen-bond donors (Lipinski definition) is 1. The fourth-order valence-electron chi connectivity index (χ4n) is 3.24. The van der Waals surface area contributed by atoms with Gasteiger partial charge in [-0.05, 0) is 53.9 Å². The number of amides is 1. The van der Waals surface area contributed by atoms with Gasteiger partial charge in [-0.1, -0.05) is 36.4 Å². The summed E-state index contributed by atoms with van der Waals surface area (Å²) in [6, 6.07) is 20.5. The second-order valence-electron chi connectivity index (χ2n) is 6.90. The fraction of sp³-hybridized carbons (Fsp3) is 0.136. The van der Waals surface area contributed by atoms with Gasteiger partial charge in [-0.15, -0.1) is 0 Å². The number of benzene rings is 3. The van der Waals surface area contributed by atoms with E-state index in [1.807, 2.05) is 12.1 Å². The van der Waals surface area contributed by atoms with Crippen molar-refractivity contribution in [1.82, 2.24) is 13.5 Å². The number of aromatic nitrogens is 2. The minimum atomic E-state index is -3.99. The Kier molecular flexibility index (Phi) is 5.97. The molecule has 0 radical (unpaired) electrons. The van der Waals surface area contributed by atoms with Crippen LogP contribution in [0.1, 0.15) is 17.0 Å². The molecule has 0 aliphatic rings. The van der Waals surface area contributed by atoms with E-state index in [1.54, 1.807) is 55.6 Å². The van der Waals surface area contributed by atoms with Gasteiger partial charge in [-0.3, -0.25) is 4.79 Å². The molecule has 0 saturated carbocycles. The summed E-state index contributed by atoms with van der Waals surface area (Å²) < 4.78 is 41.3. The number of methoxy groups -OCH3 is 1. The molecule has 1 unspecified atom stereocenters. The standard InChI is InChI=1S/C22H19N3O4S2/c1-29-17-10-7-15(8-11-17)13-19(16-9-12-20-21(14-16)24-30-23-20)22(26)25-31(27,28)18-5-3-2-4-6-18/h2-12,14,19H,13H2,1H3,(H,25,26). The molecule has 4 rings (SSSR count). The number of sulfonamides is 1. The van der Waals surface area contributed by atoms with E-state index < -0.39 is 21.8 Å². The zero-order chi connectivity index (χ0) is 21.8. The second kappa shape index (κ2) is 8.83. The monoisotopic (exact) mass is 453 g/mol. The summed E-state index contributed by atoms with van der Waals surface area (Å²) in [4.78, 5) is 13.2. The van der Waals surface area contributed by atoms with Crippen LogP contribution >= 0.6 is 11.7 Å². The lowest BCUT2D eigenvalue weighted by molar-refractivity contribution is -0.120. The maximum atomic E-state index is 13.2. The molecule has 0 bridgehead atoms. The Morgan fingerprint density at radius 2 is 1.71 bits per heavy atom. The fourth-order valence-corrected chi connectivity index (χ4v) is 4.80. The summed E-state index contributed by atoms with van der Waals surface area (Å²) in [7, 11) is -2.41. The number of rotatable bonds is 7. The van der Waals surface area contributed by atoms with Gasteiger partial charge in [0.2, 0.25) is 5.91 Å². The molecule has 9 heteroatoms. The highest BCUT2D eigenvalue weighted by Gasteiger charge is 2.27. The van der Waals surface area contributed by atoms with Crippen LogP contribution < -0.4 is 9.46 Å². The zero-order valence-electron chi connectivity index (χ0n) is 16.6. The number of carbonyl (C=O) groups is 1. The van der Waals surface area contributed by atoms with E-state index >= 15 is 0 Å². The Morgan fingerprint density at radius 3 is 2.42 bits per heavy atom. The van der Waals surface area contributed by atoms with E-state index in [2.05, 4.69) is 13.5 Å². The van der Waals surface area contributed by atoms with E-state index in [0.717, 1.165) is 22.8 Å². The van der Waals surface area contributed by atoms with Crippen LogP contribution in [-0.4, -0.2) is 30.2 Å². The van der Waals surface area contributed by atoms with E-state index in [-0.39, 0.29) is 4.90 Å². The van der Waals surface area contributed by atoms with Crippen molar-refractivity contribution in [3.8, 4) is 5.75 Å². The Hall–Kier alpha value is -3.30. The molecule has 0 fully saturated rings. The highest BCUT2D eigenvalue weighted by Crippen LogP contribution is 2.26. The van der Waals surface area contributed by atoms with Crippen molar-refractivity contribution >= 4 is 38.7 Å². The van der Waals surface area contributed by atoms with Crippen LogP contribution in [0.3, 0.4) is 0 Å². The summed E-state index contributed by atoms with van der Waals surface area (Å²) in [6.07, 6.45) is 0.309. The quantitative estimate of drug-likeness (QED) is 0.460. The summed E-state index contributed by atoms with van der Waals surface area (Å²) >= 11 is 1.09. The smallest absolute Gasteiger partial charge is 0.264 e.